The van der Waals surface area contributed by atoms with Crippen LogP contribution in [0.2, 0.25) is 0 Å². The molecule has 140 valence electrons. The van der Waals surface area contributed by atoms with Crippen LogP contribution in [0.15, 0.2) is 103 Å². The van der Waals surface area contributed by atoms with Crippen molar-refractivity contribution in [2.24, 2.45) is 0 Å². The SMILES string of the molecule is Cc1ccc2c(c1)C1(c3ccccc3-c3ccccc31)c1ccc3ccccc3c1-2. The van der Waals surface area contributed by atoms with Gasteiger partial charge in [-0.25, -0.2) is 0 Å². The first-order valence-electron chi connectivity index (χ1n) is 10.6. The lowest BCUT2D eigenvalue weighted by molar-refractivity contribution is 0.793. The van der Waals surface area contributed by atoms with E-state index >= 15 is 0 Å². The Bertz CT molecular complexity index is 1460. The zero-order valence-corrected chi connectivity index (χ0v) is 16.8. The second-order valence-corrected chi connectivity index (χ2v) is 8.60. The van der Waals surface area contributed by atoms with Crippen molar-refractivity contribution in [3.63, 3.8) is 0 Å². The normalized spacial score (nSPS) is 14.4. The number of hydrogen-bond donors (Lipinski definition) is 0. The molecule has 0 fully saturated rings. The van der Waals surface area contributed by atoms with Gasteiger partial charge >= 0.3 is 0 Å². The van der Waals surface area contributed by atoms with Gasteiger partial charge in [-0.1, -0.05) is 109 Å². The average molecular weight is 380 g/mol. The van der Waals surface area contributed by atoms with Crippen LogP contribution in [0.25, 0.3) is 33.0 Å². The molecule has 2 aliphatic carbocycles. The van der Waals surface area contributed by atoms with Gasteiger partial charge in [0, 0.05) is 0 Å². The van der Waals surface area contributed by atoms with E-state index in [0.717, 1.165) is 0 Å². The molecular weight excluding hydrogens is 360 g/mol. The van der Waals surface area contributed by atoms with Crippen molar-refractivity contribution in [3.05, 3.63) is 131 Å². The van der Waals surface area contributed by atoms with Gasteiger partial charge in [0.25, 0.3) is 0 Å². The van der Waals surface area contributed by atoms with Gasteiger partial charge in [-0.15, -0.1) is 0 Å². The third-order valence-corrected chi connectivity index (χ3v) is 7.13. The molecule has 0 saturated carbocycles. The van der Waals surface area contributed by atoms with Crippen molar-refractivity contribution >= 4 is 10.8 Å². The molecule has 0 heteroatoms. The molecule has 0 atom stereocenters. The van der Waals surface area contributed by atoms with Crippen LogP contribution >= 0.6 is 0 Å². The summed E-state index contributed by atoms with van der Waals surface area (Å²) in [5.74, 6) is 0. The predicted octanol–water partition coefficient (Wildman–Crippen LogP) is 7.49. The Morgan fingerprint density at radius 3 is 1.93 bits per heavy atom. The summed E-state index contributed by atoms with van der Waals surface area (Å²) in [6.45, 7) is 2.21. The first-order valence-corrected chi connectivity index (χ1v) is 10.6. The third kappa shape index (κ3) is 1.74. The maximum absolute atomic E-state index is 2.42. The number of rotatable bonds is 0. The molecule has 7 rings (SSSR count). The molecule has 5 aromatic rings. The van der Waals surface area contributed by atoms with Gasteiger partial charge in [-0.3, -0.25) is 0 Å². The average Bonchev–Trinajstić information content (AvgIpc) is 3.26. The molecule has 0 nitrogen and oxygen atoms in total. The molecule has 0 radical (unpaired) electrons. The maximum Gasteiger partial charge on any atom is 0.0725 e. The molecule has 0 unspecified atom stereocenters. The summed E-state index contributed by atoms with van der Waals surface area (Å²) >= 11 is 0. The van der Waals surface area contributed by atoms with E-state index in [4.69, 9.17) is 0 Å². The highest BCUT2D eigenvalue weighted by Crippen LogP contribution is 2.63. The van der Waals surface area contributed by atoms with Crippen LogP contribution in [0.5, 0.6) is 0 Å². The predicted molar refractivity (Wildman–Crippen MR) is 125 cm³/mol. The lowest BCUT2D eigenvalue weighted by Gasteiger charge is -2.30. The van der Waals surface area contributed by atoms with Crippen molar-refractivity contribution in [1.29, 1.82) is 0 Å². The van der Waals surface area contributed by atoms with E-state index in [1.807, 2.05) is 0 Å². The molecular formula is C30H20. The first-order chi connectivity index (χ1) is 14.8. The van der Waals surface area contributed by atoms with Crippen LogP contribution in [-0.2, 0) is 5.41 Å². The highest BCUT2D eigenvalue weighted by molar-refractivity contribution is 6.06. The molecule has 0 amide bonds. The Kier molecular flexibility index (Phi) is 2.96. The quantitative estimate of drug-likeness (QED) is 0.256. The Morgan fingerprint density at radius 1 is 0.500 bits per heavy atom. The van der Waals surface area contributed by atoms with E-state index in [1.54, 1.807) is 0 Å². The topological polar surface area (TPSA) is 0 Å². The Hall–Kier alpha value is -3.64. The third-order valence-electron chi connectivity index (χ3n) is 7.13. The van der Waals surface area contributed by atoms with Gasteiger partial charge in [0.15, 0.2) is 0 Å². The molecule has 2 aliphatic rings. The largest absolute Gasteiger partial charge is 0.0725 e. The van der Waals surface area contributed by atoms with Crippen molar-refractivity contribution in [2.45, 2.75) is 12.3 Å². The zero-order valence-electron chi connectivity index (χ0n) is 16.8. The van der Waals surface area contributed by atoms with Crippen molar-refractivity contribution in [2.75, 3.05) is 0 Å². The van der Waals surface area contributed by atoms with E-state index in [-0.39, 0.29) is 5.41 Å². The van der Waals surface area contributed by atoms with Crippen LogP contribution in [-0.4, -0.2) is 0 Å². The molecule has 1 spiro atoms. The maximum atomic E-state index is 2.42. The molecule has 5 aromatic carbocycles. The summed E-state index contributed by atoms with van der Waals surface area (Å²) in [6.07, 6.45) is 0. The summed E-state index contributed by atoms with van der Waals surface area (Å²) in [5.41, 5.74) is 12.2. The molecule has 30 heavy (non-hydrogen) atoms. The van der Waals surface area contributed by atoms with Crippen molar-refractivity contribution in [3.8, 4) is 22.3 Å². The minimum atomic E-state index is -0.242. The number of hydrogen-bond acceptors (Lipinski definition) is 0. The van der Waals surface area contributed by atoms with Gasteiger partial charge < -0.3 is 0 Å². The summed E-state index contributed by atoms with van der Waals surface area (Å²) in [6, 6.07) is 38.5. The fourth-order valence-electron chi connectivity index (χ4n) is 6.02. The lowest BCUT2D eigenvalue weighted by Crippen LogP contribution is -2.25. The summed E-state index contributed by atoms with van der Waals surface area (Å²) in [7, 11) is 0. The van der Waals surface area contributed by atoms with E-state index in [9.17, 15) is 0 Å². The molecule has 0 heterocycles. The van der Waals surface area contributed by atoms with Crippen LogP contribution in [0.4, 0.5) is 0 Å². The fourth-order valence-corrected chi connectivity index (χ4v) is 6.02. The molecule has 0 N–H and O–H groups in total. The minimum absolute atomic E-state index is 0.242. The lowest BCUT2D eigenvalue weighted by atomic mass is 9.70. The molecule has 0 aromatic heterocycles. The van der Waals surface area contributed by atoms with Crippen LogP contribution in [0.1, 0.15) is 27.8 Å². The van der Waals surface area contributed by atoms with E-state index in [2.05, 4.69) is 110 Å². The highest BCUT2D eigenvalue weighted by Gasteiger charge is 2.51. The van der Waals surface area contributed by atoms with Gasteiger partial charge in [-0.2, -0.15) is 0 Å². The molecule has 0 saturated heterocycles. The van der Waals surface area contributed by atoms with Gasteiger partial charge in [0.2, 0.25) is 0 Å². The zero-order chi connectivity index (χ0) is 19.9. The standard InChI is InChI=1S/C30H20/c1-19-14-16-24-28(18-19)30(27-17-15-20-8-2-3-9-21(20)29(24)27)25-12-6-4-10-22(25)23-11-5-7-13-26(23)30/h2-18H,1H3. The molecule has 0 bridgehead atoms. The second kappa shape index (κ2) is 5.49. The first kappa shape index (κ1) is 16.2. The van der Waals surface area contributed by atoms with Crippen molar-refractivity contribution in [1.82, 2.24) is 0 Å². The Morgan fingerprint density at radius 2 is 1.17 bits per heavy atom. The van der Waals surface area contributed by atoms with Crippen LogP contribution in [0.3, 0.4) is 0 Å². The number of benzene rings is 5. The Balaban J connectivity index is 1.76. The number of fused-ring (bicyclic) bond motifs is 12. The fraction of sp³-hybridized carbons (Fsp3) is 0.0667. The Labute approximate surface area is 176 Å². The van der Waals surface area contributed by atoms with Gasteiger partial charge in [0.05, 0.1) is 5.41 Å². The van der Waals surface area contributed by atoms with Crippen LogP contribution < -0.4 is 0 Å². The van der Waals surface area contributed by atoms with E-state index in [0.29, 0.717) is 0 Å². The van der Waals surface area contributed by atoms with Gasteiger partial charge in [-0.05, 0) is 62.2 Å². The smallest absolute Gasteiger partial charge is 0.0619 e. The van der Waals surface area contributed by atoms with Gasteiger partial charge in [0.1, 0.15) is 0 Å². The monoisotopic (exact) mass is 380 g/mol. The summed E-state index contributed by atoms with van der Waals surface area (Å²) in [5, 5.41) is 2.65. The highest BCUT2D eigenvalue weighted by atomic mass is 14.5. The van der Waals surface area contributed by atoms with Crippen LogP contribution in [0, 0.1) is 6.92 Å². The second-order valence-electron chi connectivity index (χ2n) is 8.60. The number of aryl methyl sites for hydroxylation is 1. The minimum Gasteiger partial charge on any atom is -0.0619 e. The summed E-state index contributed by atoms with van der Waals surface area (Å²) in [4.78, 5) is 0. The summed E-state index contributed by atoms with van der Waals surface area (Å²) < 4.78 is 0. The van der Waals surface area contributed by atoms with E-state index in [1.165, 1.54) is 60.8 Å². The molecule has 0 aliphatic heterocycles. The van der Waals surface area contributed by atoms with E-state index < -0.39 is 0 Å². The van der Waals surface area contributed by atoms with Crippen molar-refractivity contribution < 1.29 is 0 Å².